The highest BCUT2D eigenvalue weighted by Crippen LogP contribution is 2.10. The molecule has 64 valence electrons. The molecule has 1 fully saturated rings. The number of hydrogen-bond donors (Lipinski definition) is 2. The predicted molar refractivity (Wildman–Crippen MR) is 43.5 cm³/mol. The summed E-state index contributed by atoms with van der Waals surface area (Å²) in [5.41, 5.74) is 5.38. The summed E-state index contributed by atoms with van der Waals surface area (Å²) in [6.07, 6.45) is 0.993. The van der Waals surface area contributed by atoms with Crippen molar-refractivity contribution in [1.82, 2.24) is 4.90 Å². The summed E-state index contributed by atoms with van der Waals surface area (Å²) >= 11 is 0. The van der Waals surface area contributed by atoms with Crippen LogP contribution >= 0.6 is 0 Å². The van der Waals surface area contributed by atoms with Crippen molar-refractivity contribution in [3.8, 4) is 0 Å². The van der Waals surface area contributed by atoms with E-state index >= 15 is 0 Å². The molecule has 1 saturated heterocycles. The third-order valence-corrected chi connectivity index (χ3v) is 2.00. The van der Waals surface area contributed by atoms with E-state index < -0.39 is 0 Å². The molecule has 4 nitrogen and oxygen atoms in total. The van der Waals surface area contributed by atoms with Gasteiger partial charge in [0.2, 0.25) is 0 Å². The van der Waals surface area contributed by atoms with Gasteiger partial charge in [-0.25, -0.2) is 0 Å². The Bertz CT molecular complexity index is 143. The number of hydrogen-bond acceptors (Lipinski definition) is 2. The van der Waals surface area contributed by atoms with Gasteiger partial charge in [0.15, 0.2) is 5.96 Å². The highest BCUT2D eigenvalue weighted by molar-refractivity contribution is 5.74. The fourth-order valence-electron chi connectivity index (χ4n) is 1.39. The first-order valence-corrected chi connectivity index (χ1v) is 3.94. The Morgan fingerprint density at radius 2 is 2.55 bits per heavy atom. The van der Waals surface area contributed by atoms with Gasteiger partial charge in [-0.05, 0) is 13.3 Å². The third-order valence-electron chi connectivity index (χ3n) is 2.00. The summed E-state index contributed by atoms with van der Waals surface area (Å²) in [7, 11) is 0. The van der Waals surface area contributed by atoms with Gasteiger partial charge in [-0.1, -0.05) is 0 Å². The van der Waals surface area contributed by atoms with Crippen LogP contribution in [-0.2, 0) is 4.74 Å². The molecule has 0 spiro atoms. The number of guanidine groups is 1. The summed E-state index contributed by atoms with van der Waals surface area (Å²) in [4.78, 5) is 1.87. The minimum Gasteiger partial charge on any atom is -0.379 e. The number of nitrogens with zero attached hydrogens (tertiary/aromatic N) is 1. The molecule has 3 N–H and O–H groups in total. The van der Waals surface area contributed by atoms with E-state index in [0.29, 0.717) is 12.6 Å². The van der Waals surface area contributed by atoms with Crippen molar-refractivity contribution >= 4 is 5.96 Å². The first kappa shape index (κ1) is 8.33. The molecule has 1 aliphatic heterocycles. The zero-order chi connectivity index (χ0) is 8.27. The minimum atomic E-state index is 0.156. The second-order valence-electron chi connectivity index (χ2n) is 2.69. The Labute approximate surface area is 66.8 Å². The van der Waals surface area contributed by atoms with E-state index in [1.54, 1.807) is 0 Å². The van der Waals surface area contributed by atoms with Crippen molar-refractivity contribution in [1.29, 1.82) is 5.41 Å². The fourth-order valence-corrected chi connectivity index (χ4v) is 1.39. The van der Waals surface area contributed by atoms with E-state index in [1.807, 2.05) is 11.8 Å². The van der Waals surface area contributed by atoms with Gasteiger partial charge in [0, 0.05) is 13.2 Å². The molecule has 1 unspecified atom stereocenters. The molecule has 0 saturated carbocycles. The van der Waals surface area contributed by atoms with E-state index in [9.17, 15) is 0 Å². The number of nitrogens with one attached hydrogen (secondary N) is 1. The van der Waals surface area contributed by atoms with E-state index in [1.165, 1.54) is 0 Å². The maximum absolute atomic E-state index is 7.26. The average molecular weight is 157 g/mol. The van der Waals surface area contributed by atoms with Crippen LogP contribution in [0.3, 0.4) is 0 Å². The van der Waals surface area contributed by atoms with Crippen LogP contribution in [0.5, 0.6) is 0 Å². The molecule has 1 rings (SSSR count). The molecule has 1 heterocycles. The molecule has 4 heteroatoms. The number of rotatable bonds is 2. The normalized spacial score (nSPS) is 23.5. The summed E-state index contributed by atoms with van der Waals surface area (Å²) in [5.74, 6) is 0.156. The van der Waals surface area contributed by atoms with Crippen molar-refractivity contribution in [2.45, 2.75) is 19.4 Å². The van der Waals surface area contributed by atoms with Crippen LogP contribution < -0.4 is 5.73 Å². The Hall–Kier alpha value is -0.770. The summed E-state index contributed by atoms with van der Waals surface area (Å²) in [6.45, 7) is 4.31. The summed E-state index contributed by atoms with van der Waals surface area (Å²) in [6, 6.07) is 0.331. The fraction of sp³-hybridized carbons (Fsp3) is 0.857. The quantitative estimate of drug-likeness (QED) is 0.438. The second kappa shape index (κ2) is 3.57. The highest BCUT2D eigenvalue weighted by atomic mass is 16.5. The van der Waals surface area contributed by atoms with Crippen molar-refractivity contribution in [2.24, 2.45) is 5.73 Å². The van der Waals surface area contributed by atoms with Crippen LogP contribution in [0, 0.1) is 5.41 Å². The number of ether oxygens (including phenoxy) is 1. The summed E-state index contributed by atoms with van der Waals surface area (Å²) in [5, 5.41) is 7.26. The Balaban J connectivity index is 2.46. The molecule has 0 aliphatic carbocycles. The van der Waals surface area contributed by atoms with E-state index in [-0.39, 0.29) is 5.96 Å². The van der Waals surface area contributed by atoms with Gasteiger partial charge < -0.3 is 15.4 Å². The molecule has 0 bridgehead atoms. The molecule has 0 amide bonds. The molecular formula is C7H15N3O. The second-order valence-corrected chi connectivity index (χ2v) is 2.69. The van der Waals surface area contributed by atoms with Crippen molar-refractivity contribution in [2.75, 3.05) is 19.8 Å². The molecular weight excluding hydrogens is 142 g/mol. The van der Waals surface area contributed by atoms with Crippen molar-refractivity contribution in [3.63, 3.8) is 0 Å². The molecule has 0 radical (unpaired) electrons. The Morgan fingerprint density at radius 3 is 2.91 bits per heavy atom. The third kappa shape index (κ3) is 1.83. The minimum absolute atomic E-state index is 0.156. The lowest BCUT2D eigenvalue weighted by Gasteiger charge is -2.26. The summed E-state index contributed by atoms with van der Waals surface area (Å²) < 4.78 is 5.20. The maximum atomic E-state index is 7.26. The Kier molecular flexibility index (Phi) is 2.70. The molecule has 1 aliphatic rings. The zero-order valence-corrected chi connectivity index (χ0v) is 6.84. The first-order chi connectivity index (χ1) is 5.25. The van der Waals surface area contributed by atoms with Crippen LogP contribution in [0.1, 0.15) is 13.3 Å². The molecule has 0 aromatic rings. The van der Waals surface area contributed by atoms with E-state index in [2.05, 4.69) is 0 Å². The van der Waals surface area contributed by atoms with Gasteiger partial charge in [0.05, 0.1) is 12.6 Å². The molecule has 1 atom stereocenters. The predicted octanol–water partition coefficient (Wildman–Crippen LogP) is -0.00933. The van der Waals surface area contributed by atoms with Crippen LogP contribution in [0.15, 0.2) is 0 Å². The molecule has 0 aromatic carbocycles. The van der Waals surface area contributed by atoms with E-state index in [0.717, 1.165) is 19.6 Å². The van der Waals surface area contributed by atoms with E-state index in [4.69, 9.17) is 15.9 Å². The van der Waals surface area contributed by atoms with Gasteiger partial charge in [0.25, 0.3) is 0 Å². The largest absolute Gasteiger partial charge is 0.379 e. The van der Waals surface area contributed by atoms with Gasteiger partial charge in [-0.2, -0.15) is 0 Å². The van der Waals surface area contributed by atoms with Gasteiger partial charge in [-0.3, -0.25) is 5.41 Å². The smallest absolute Gasteiger partial charge is 0.188 e. The maximum Gasteiger partial charge on any atom is 0.188 e. The lowest BCUT2D eigenvalue weighted by Crippen LogP contribution is -2.44. The van der Waals surface area contributed by atoms with Crippen molar-refractivity contribution in [3.05, 3.63) is 0 Å². The van der Waals surface area contributed by atoms with Gasteiger partial charge in [0.1, 0.15) is 0 Å². The van der Waals surface area contributed by atoms with Crippen molar-refractivity contribution < 1.29 is 4.74 Å². The molecule has 0 aromatic heterocycles. The van der Waals surface area contributed by atoms with Crippen LogP contribution in [0.2, 0.25) is 0 Å². The highest BCUT2D eigenvalue weighted by Gasteiger charge is 2.22. The van der Waals surface area contributed by atoms with Crippen LogP contribution in [0.25, 0.3) is 0 Å². The van der Waals surface area contributed by atoms with Gasteiger partial charge in [-0.15, -0.1) is 0 Å². The van der Waals surface area contributed by atoms with Crippen LogP contribution in [-0.4, -0.2) is 36.7 Å². The van der Waals surface area contributed by atoms with Gasteiger partial charge >= 0.3 is 0 Å². The zero-order valence-electron chi connectivity index (χ0n) is 6.84. The SMILES string of the molecule is CCN(C(=N)N)C1CCOC1. The number of likely N-dealkylation sites (N-methyl/N-ethyl adjacent to an activating group) is 1. The lowest BCUT2D eigenvalue weighted by molar-refractivity contribution is 0.174. The average Bonchev–Trinajstić information content (AvgIpc) is 2.40. The number of nitrogens with two attached hydrogens (primary N) is 1. The Morgan fingerprint density at radius 1 is 1.82 bits per heavy atom. The first-order valence-electron chi connectivity index (χ1n) is 3.94. The topological polar surface area (TPSA) is 62.3 Å². The monoisotopic (exact) mass is 157 g/mol. The standard InChI is InChI=1S/C7H15N3O/c1-2-10(7(8)9)6-3-4-11-5-6/h6H,2-5H2,1H3,(H3,8,9). The molecule has 11 heavy (non-hydrogen) atoms. The van der Waals surface area contributed by atoms with Crippen LogP contribution in [0.4, 0.5) is 0 Å². The lowest BCUT2D eigenvalue weighted by atomic mass is 10.2.